The highest BCUT2D eigenvalue weighted by Gasteiger charge is 2.41. The summed E-state index contributed by atoms with van der Waals surface area (Å²) in [5.41, 5.74) is -0.711. The van der Waals surface area contributed by atoms with Gasteiger partial charge >= 0.3 is 0 Å². The molecular weight excluding hydrogens is 188 g/mol. The summed E-state index contributed by atoms with van der Waals surface area (Å²) in [5, 5.41) is 12.0. The second kappa shape index (κ2) is 5.16. The molecule has 0 aromatic carbocycles. The molecule has 15 heavy (non-hydrogen) atoms. The Bertz CT molecular complexity index is 259. The van der Waals surface area contributed by atoms with Crippen LogP contribution in [0.5, 0.6) is 0 Å². The van der Waals surface area contributed by atoms with Crippen molar-refractivity contribution in [3.63, 3.8) is 0 Å². The first-order valence-corrected chi connectivity index (χ1v) is 5.80. The molecule has 3 nitrogen and oxygen atoms in total. The third-order valence-electron chi connectivity index (χ3n) is 3.11. The number of carbonyl (C=O) groups excluding carboxylic acids is 1. The van der Waals surface area contributed by atoms with Crippen LogP contribution in [0.3, 0.4) is 0 Å². The molecule has 0 aliphatic heterocycles. The summed E-state index contributed by atoms with van der Waals surface area (Å²) >= 11 is 0. The number of nitriles is 1. The van der Waals surface area contributed by atoms with Crippen molar-refractivity contribution < 1.29 is 4.79 Å². The van der Waals surface area contributed by atoms with Gasteiger partial charge in [-0.15, -0.1) is 0 Å². The Morgan fingerprint density at radius 2 is 2.07 bits per heavy atom. The number of hydrogen-bond donors (Lipinski definition) is 1. The molecule has 0 bridgehead atoms. The van der Waals surface area contributed by atoms with E-state index in [-0.39, 0.29) is 5.91 Å². The minimum Gasteiger partial charge on any atom is -0.355 e. The summed E-state index contributed by atoms with van der Waals surface area (Å²) in [6.07, 6.45) is 4.46. The van der Waals surface area contributed by atoms with Crippen molar-refractivity contribution in [1.82, 2.24) is 5.32 Å². The summed E-state index contributed by atoms with van der Waals surface area (Å²) in [4.78, 5) is 11.8. The van der Waals surface area contributed by atoms with Crippen molar-refractivity contribution in [2.45, 2.75) is 46.0 Å². The van der Waals surface area contributed by atoms with Crippen molar-refractivity contribution >= 4 is 5.91 Å². The molecule has 84 valence electrons. The molecule has 1 N–H and O–H groups in total. The topological polar surface area (TPSA) is 52.9 Å². The van der Waals surface area contributed by atoms with E-state index in [9.17, 15) is 4.79 Å². The first-order valence-electron chi connectivity index (χ1n) is 5.80. The lowest BCUT2D eigenvalue weighted by Gasteiger charge is -2.19. The molecule has 1 aliphatic carbocycles. The molecule has 1 saturated carbocycles. The van der Waals surface area contributed by atoms with Gasteiger partial charge in [0.2, 0.25) is 5.91 Å². The maximum Gasteiger partial charge on any atom is 0.240 e. The van der Waals surface area contributed by atoms with Crippen molar-refractivity contribution in [3.8, 4) is 6.07 Å². The van der Waals surface area contributed by atoms with Crippen LogP contribution in [0.15, 0.2) is 0 Å². The quantitative estimate of drug-likeness (QED) is 0.770. The van der Waals surface area contributed by atoms with Crippen LogP contribution in [0.1, 0.15) is 46.0 Å². The highest BCUT2D eigenvalue weighted by Crippen LogP contribution is 2.37. The van der Waals surface area contributed by atoms with E-state index in [4.69, 9.17) is 5.26 Å². The van der Waals surface area contributed by atoms with E-state index in [0.717, 1.165) is 32.1 Å². The third kappa shape index (κ3) is 2.95. The summed E-state index contributed by atoms with van der Waals surface area (Å²) in [6, 6.07) is 2.20. The highest BCUT2D eigenvalue weighted by molar-refractivity contribution is 5.85. The van der Waals surface area contributed by atoms with Gasteiger partial charge in [0, 0.05) is 6.54 Å². The van der Waals surface area contributed by atoms with Gasteiger partial charge in [0.15, 0.2) is 0 Å². The third-order valence-corrected chi connectivity index (χ3v) is 3.11. The molecule has 0 spiro atoms. The highest BCUT2D eigenvalue weighted by atomic mass is 16.2. The number of carbonyl (C=O) groups is 1. The standard InChI is InChI=1S/C12H20N2O/c1-10(2)5-8-14-11(15)12(9-13)6-3-4-7-12/h10H,3-8H2,1-2H3,(H,14,15). The van der Waals surface area contributed by atoms with E-state index < -0.39 is 5.41 Å². The maximum absolute atomic E-state index is 11.8. The van der Waals surface area contributed by atoms with Gasteiger partial charge in [0.05, 0.1) is 6.07 Å². The number of amides is 1. The van der Waals surface area contributed by atoms with Crippen molar-refractivity contribution in [2.24, 2.45) is 11.3 Å². The van der Waals surface area contributed by atoms with Gasteiger partial charge in [-0.05, 0) is 25.2 Å². The van der Waals surface area contributed by atoms with Crippen molar-refractivity contribution in [3.05, 3.63) is 0 Å². The van der Waals surface area contributed by atoms with Crippen LogP contribution in [-0.2, 0) is 4.79 Å². The maximum atomic E-state index is 11.8. The fourth-order valence-corrected chi connectivity index (χ4v) is 2.01. The summed E-state index contributed by atoms with van der Waals surface area (Å²) < 4.78 is 0. The molecule has 0 aromatic rings. The van der Waals surface area contributed by atoms with Gasteiger partial charge in [0.25, 0.3) is 0 Å². The SMILES string of the molecule is CC(C)CCNC(=O)C1(C#N)CCCC1. The van der Waals surface area contributed by atoms with Gasteiger partial charge in [-0.1, -0.05) is 26.7 Å². The van der Waals surface area contributed by atoms with Gasteiger partial charge in [-0.25, -0.2) is 0 Å². The first-order chi connectivity index (χ1) is 7.10. The Morgan fingerprint density at radius 1 is 1.47 bits per heavy atom. The number of nitrogens with zero attached hydrogens (tertiary/aromatic N) is 1. The average Bonchev–Trinajstić information content (AvgIpc) is 2.66. The zero-order chi connectivity index (χ0) is 11.3. The predicted molar refractivity (Wildman–Crippen MR) is 59.0 cm³/mol. The average molecular weight is 208 g/mol. The normalized spacial score (nSPS) is 18.8. The van der Waals surface area contributed by atoms with Crippen molar-refractivity contribution in [1.29, 1.82) is 5.26 Å². The van der Waals surface area contributed by atoms with E-state index in [1.54, 1.807) is 0 Å². The molecule has 1 rings (SSSR count). The first kappa shape index (κ1) is 12.0. The Labute approximate surface area is 91.9 Å². The van der Waals surface area contributed by atoms with E-state index in [2.05, 4.69) is 25.2 Å². The van der Waals surface area contributed by atoms with Gasteiger partial charge in [-0.3, -0.25) is 4.79 Å². The molecule has 0 unspecified atom stereocenters. The molecule has 0 atom stereocenters. The second-order valence-corrected chi connectivity index (χ2v) is 4.84. The van der Waals surface area contributed by atoms with Crippen LogP contribution in [0.2, 0.25) is 0 Å². The van der Waals surface area contributed by atoms with E-state index in [1.165, 1.54) is 0 Å². The van der Waals surface area contributed by atoms with Crippen LogP contribution in [0, 0.1) is 22.7 Å². The van der Waals surface area contributed by atoms with E-state index in [0.29, 0.717) is 12.5 Å². The Balaban J connectivity index is 2.42. The molecule has 0 saturated heterocycles. The van der Waals surface area contributed by atoms with Crippen LogP contribution in [0.25, 0.3) is 0 Å². The molecule has 1 fully saturated rings. The molecule has 1 aliphatic rings. The van der Waals surface area contributed by atoms with Gasteiger partial charge in [-0.2, -0.15) is 5.26 Å². The van der Waals surface area contributed by atoms with E-state index in [1.807, 2.05) is 0 Å². The van der Waals surface area contributed by atoms with Crippen LogP contribution < -0.4 is 5.32 Å². The van der Waals surface area contributed by atoms with Gasteiger partial charge in [0.1, 0.15) is 5.41 Å². The van der Waals surface area contributed by atoms with Crippen LogP contribution in [0.4, 0.5) is 0 Å². The Kier molecular flexibility index (Phi) is 4.14. The molecule has 0 aromatic heterocycles. The van der Waals surface area contributed by atoms with Crippen molar-refractivity contribution in [2.75, 3.05) is 6.54 Å². The summed E-state index contributed by atoms with van der Waals surface area (Å²) in [5.74, 6) is 0.537. The molecule has 0 heterocycles. The fourth-order valence-electron chi connectivity index (χ4n) is 2.01. The number of nitrogens with one attached hydrogen (secondary N) is 1. The Hall–Kier alpha value is -1.04. The smallest absolute Gasteiger partial charge is 0.240 e. The summed E-state index contributed by atoms with van der Waals surface area (Å²) in [6.45, 7) is 4.95. The largest absolute Gasteiger partial charge is 0.355 e. The second-order valence-electron chi connectivity index (χ2n) is 4.84. The lowest BCUT2D eigenvalue weighted by molar-refractivity contribution is -0.127. The molecule has 1 amide bonds. The lowest BCUT2D eigenvalue weighted by Crippen LogP contribution is -2.38. The number of hydrogen-bond acceptors (Lipinski definition) is 2. The van der Waals surface area contributed by atoms with Crippen LogP contribution >= 0.6 is 0 Å². The van der Waals surface area contributed by atoms with Crippen LogP contribution in [-0.4, -0.2) is 12.5 Å². The Morgan fingerprint density at radius 3 is 2.53 bits per heavy atom. The monoisotopic (exact) mass is 208 g/mol. The molecule has 3 heteroatoms. The molecule has 0 radical (unpaired) electrons. The summed E-state index contributed by atoms with van der Waals surface area (Å²) in [7, 11) is 0. The zero-order valence-electron chi connectivity index (χ0n) is 9.68. The minimum atomic E-state index is -0.711. The molecular formula is C12H20N2O. The number of rotatable bonds is 4. The minimum absolute atomic E-state index is 0.0526. The zero-order valence-corrected chi connectivity index (χ0v) is 9.68. The van der Waals surface area contributed by atoms with E-state index >= 15 is 0 Å². The lowest BCUT2D eigenvalue weighted by atomic mass is 9.87. The fraction of sp³-hybridized carbons (Fsp3) is 0.833. The predicted octanol–water partition coefficient (Wildman–Crippen LogP) is 2.23. The van der Waals surface area contributed by atoms with Gasteiger partial charge < -0.3 is 5.32 Å².